The van der Waals surface area contributed by atoms with Gasteiger partial charge in [-0.15, -0.1) is 0 Å². The average Bonchev–Trinajstić information content (AvgIpc) is 3.10. The average molecular weight is 510 g/mol. The molecule has 0 atom stereocenters. The topological polar surface area (TPSA) is 140 Å². The second-order valence-corrected chi connectivity index (χ2v) is 9.91. The molecule has 3 aromatic rings. The summed E-state index contributed by atoms with van der Waals surface area (Å²) < 4.78 is 17.5. The minimum absolute atomic E-state index is 0.0818. The summed E-state index contributed by atoms with van der Waals surface area (Å²) >= 11 is 0. The van der Waals surface area contributed by atoms with Crippen LogP contribution < -0.4 is 15.9 Å². The quantitative estimate of drug-likeness (QED) is 0.250. The van der Waals surface area contributed by atoms with Crippen LogP contribution in [0.25, 0.3) is 11.4 Å². The summed E-state index contributed by atoms with van der Waals surface area (Å²) in [6, 6.07) is 16.7. The molecule has 2 heterocycles. The van der Waals surface area contributed by atoms with Crippen molar-refractivity contribution in [2.45, 2.75) is 45.3 Å². The molecule has 1 fully saturated rings. The van der Waals surface area contributed by atoms with Crippen LogP contribution in [0.2, 0.25) is 0 Å². The molecule has 1 aliphatic heterocycles. The van der Waals surface area contributed by atoms with Crippen LogP contribution >= 0.6 is 0 Å². The minimum atomic E-state index is -0.519. The van der Waals surface area contributed by atoms with E-state index in [1.807, 2.05) is 70.2 Å². The third-order valence-electron chi connectivity index (χ3n) is 6.40. The highest BCUT2D eigenvalue weighted by atomic mass is 16.7. The first-order valence-electron chi connectivity index (χ1n) is 12.2. The Labute approximate surface area is 223 Å². The second-order valence-electron chi connectivity index (χ2n) is 9.91. The highest BCUT2D eigenvalue weighted by molar-refractivity contribution is 6.61. The number of amidine groups is 2. The van der Waals surface area contributed by atoms with Gasteiger partial charge in [-0.05, 0) is 57.5 Å². The molecule has 2 aromatic carbocycles. The number of aromatic nitrogens is 2. The zero-order valence-corrected chi connectivity index (χ0v) is 21.9. The van der Waals surface area contributed by atoms with Gasteiger partial charge in [-0.3, -0.25) is 10.8 Å². The van der Waals surface area contributed by atoms with E-state index in [1.165, 1.54) is 12.2 Å². The first-order chi connectivity index (χ1) is 18.0. The lowest BCUT2D eigenvalue weighted by Crippen LogP contribution is -2.41. The van der Waals surface area contributed by atoms with Gasteiger partial charge < -0.3 is 19.8 Å². The summed E-state index contributed by atoms with van der Waals surface area (Å²) in [6.07, 6.45) is 6.51. The highest BCUT2D eigenvalue weighted by Gasteiger charge is 2.51. The van der Waals surface area contributed by atoms with Crippen LogP contribution in [0.15, 0.2) is 84.1 Å². The van der Waals surface area contributed by atoms with Crippen LogP contribution in [0.1, 0.15) is 33.3 Å². The molecule has 0 aliphatic carbocycles. The van der Waals surface area contributed by atoms with Crippen molar-refractivity contribution in [1.82, 2.24) is 9.97 Å². The molecule has 4 rings (SSSR count). The second kappa shape index (κ2) is 11.1. The van der Waals surface area contributed by atoms with Crippen molar-refractivity contribution in [3.63, 3.8) is 0 Å². The van der Waals surface area contributed by atoms with Crippen molar-refractivity contribution in [3.8, 4) is 17.1 Å². The molecule has 194 valence electrons. The number of aliphatic imine (C=N–C) groups is 1. The van der Waals surface area contributed by atoms with Gasteiger partial charge >= 0.3 is 7.12 Å². The van der Waals surface area contributed by atoms with Crippen molar-refractivity contribution in [1.29, 1.82) is 10.8 Å². The maximum atomic E-state index is 8.03. The fraction of sp³-hybridized carbons (Fsp3) is 0.250. The minimum Gasteiger partial charge on any atom is -0.440 e. The molecule has 0 saturated carbocycles. The molecule has 9 nitrogen and oxygen atoms in total. The van der Waals surface area contributed by atoms with Crippen LogP contribution in [-0.2, 0) is 15.7 Å². The molecule has 0 amide bonds. The van der Waals surface area contributed by atoms with Gasteiger partial charge in [0.25, 0.3) is 0 Å². The van der Waals surface area contributed by atoms with Gasteiger partial charge in [-0.25, -0.2) is 15.0 Å². The van der Waals surface area contributed by atoms with Crippen molar-refractivity contribution < 1.29 is 14.0 Å². The highest BCUT2D eigenvalue weighted by Crippen LogP contribution is 2.36. The number of benzene rings is 2. The lowest BCUT2D eigenvalue weighted by atomic mass is 9.81. The van der Waals surface area contributed by atoms with Gasteiger partial charge in [0.15, 0.2) is 5.82 Å². The van der Waals surface area contributed by atoms with E-state index in [4.69, 9.17) is 30.6 Å². The van der Waals surface area contributed by atoms with Gasteiger partial charge in [0.1, 0.15) is 17.4 Å². The third kappa shape index (κ3) is 6.59. The summed E-state index contributed by atoms with van der Waals surface area (Å²) in [6.45, 7) is 8.02. The number of ether oxygens (including phenoxy) is 1. The van der Waals surface area contributed by atoms with E-state index >= 15 is 0 Å². The van der Waals surface area contributed by atoms with Crippen molar-refractivity contribution >= 4 is 30.2 Å². The zero-order valence-electron chi connectivity index (χ0n) is 21.9. The smallest absolute Gasteiger partial charge is 0.440 e. The summed E-state index contributed by atoms with van der Waals surface area (Å²) in [5.74, 6) is 1.19. The molecule has 10 heteroatoms. The largest absolute Gasteiger partial charge is 0.498 e. The number of rotatable bonds is 7. The molecule has 0 spiro atoms. The maximum Gasteiger partial charge on any atom is 0.498 e. The van der Waals surface area contributed by atoms with Crippen LogP contribution in [0.3, 0.4) is 0 Å². The molecule has 4 N–H and O–H groups in total. The molecule has 0 unspecified atom stereocenters. The van der Waals surface area contributed by atoms with Crippen molar-refractivity contribution in [2.24, 2.45) is 10.7 Å². The first kappa shape index (κ1) is 26.9. The van der Waals surface area contributed by atoms with Gasteiger partial charge in [-0.2, -0.15) is 0 Å². The number of hydrogen-bond acceptors (Lipinski definition) is 7. The SMILES string of the molecule is CC1(C)OB(c2cnc(-c3cccc(CC(N)=NC(=N)/C=C\C(=N)Oc4ccccc4)c3)nc2)OC1(C)C. The van der Waals surface area contributed by atoms with Crippen molar-refractivity contribution in [3.05, 3.63) is 84.7 Å². The van der Waals surface area contributed by atoms with E-state index in [0.717, 1.165) is 16.6 Å². The Balaban J connectivity index is 1.37. The lowest BCUT2D eigenvalue weighted by molar-refractivity contribution is 0.00578. The van der Waals surface area contributed by atoms with E-state index in [0.29, 0.717) is 18.0 Å². The van der Waals surface area contributed by atoms with Gasteiger partial charge in [0.2, 0.25) is 5.90 Å². The molecular formula is C28H31BN6O3. The summed E-state index contributed by atoms with van der Waals surface area (Å²) in [7, 11) is -0.519. The van der Waals surface area contributed by atoms with E-state index in [1.54, 1.807) is 24.5 Å². The van der Waals surface area contributed by atoms with Crippen LogP contribution in [0, 0.1) is 10.8 Å². The predicted molar refractivity (Wildman–Crippen MR) is 150 cm³/mol. The Kier molecular flexibility index (Phi) is 7.84. The Bertz CT molecular complexity index is 1350. The van der Waals surface area contributed by atoms with Gasteiger partial charge in [-0.1, -0.05) is 36.4 Å². The fourth-order valence-corrected chi connectivity index (χ4v) is 3.65. The van der Waals surface area contributed by atoms with E-state index in [9.17, 15) is 0 Å². The zero-order chi connectivity index (χ0) is 27.3. The Morgan fingerprint density at radius 2 is 1.63 bits per heavy atom. The number of hydrogen-bond donors (Lipinski definition) is 3. The standard InChI is InChI=1S/C28H31BN6O3/c1-27(2)28(3,4)38-29(37-27)21-17-33-26(34-18-21)20-10-8-9-19(15-20)16-24(31)35-23(30)13-14-25(32)36-22-11-6-5-7-12-22/h5-15,17-18,32H,16H2,1-4H3,(H3,30,31,35)/b14-13-,32-25?. The van der Waals surface area contributed by atoms with E-state index in [2.05, 4.69) is 15.0 Å². The number of nitrogens with two attached hydrogens (primary N) is 1. The number of nitrogens with zero attached hydrogens (tertiary/aromatic N) is 3. The van der Waals surface area contributed by atoms with E-state index in [-0.39, 0.29) is 17.6 Å². The monoisotopic (exact) mass is 510 g/mol. The number of nitrogens with one attached hydrogen (secondary N) is 2. The normalized spacial score (nSPS) is 16.5. The van der Waals surface area contributed by atoms with Gasteiger partial charge in [0, 0.05) is 35.9 Å². The van der Waals surface area contributed by atoms with Crippen LogP contribution in [0.4, 0.5) is 0 Å². The fourth-order valence-electron chi connectivity index (χ4n) is 3.65. The number of para-hydroxylation sites is 1. The first-order valence-corrected chi connectivity index (χ1v) is 12.2. The molecule has 1 aromatic heterocycles. The molecular weight excluding hydrogens is 479 g/mol. The third-order valence-corrected chi connectivity index (χ3v) is 6.40. The molecule has 1 saturated heterocycles. The predicted octanol–water partition coefficient (Wildman–Crippen LogP) is 3.93. The molecule has 0 bridgehead atoms. The molecule has 0 radical (unpaired) electrons. The summed E-state index contributed by atoms with van der Waals surface area (Å²) in [5, 5.41) is 15.9. The van der Waals surface area contributed by atoms with Crippen LogP contribution in [0.5, 0.6) is 5.75 Å². The Hall–Kier alpha value is -4.15. The molecule has 1 aliphatic rings. The molecule has 38 heavy (non-hydrogen) atoms. The van der Waals surface area contributed by atoms with Crippen LogP contribution in [-0.4, -0.2) is 45.9 Å². The summed E-state index contributed by atoms with van der Waals surface area (Å²) in [5.41, 5.74) is 7.71. The Morgan fingerprint density at radius 3 is 2.29 bits per heavy atom. The maximum absolute atomic E-state index is 8.03. The van der Waals surface area contributed by atoms with Gasteiger partial charge in [0.05, 0.1) is 11.2 Å². The summed E-state index contributed by atoms with van der Waals surface area (Å²) in [4.78, 5) is 13.2. The lowest BCUT2D eigenvalue weighted by Gasteiger charge is -2.32. The Morgan fingerprint density at radius 1 is 0.974 bits per heavy atom. The van der Waals surface area contributed by atoms with E-state index < -0.39 is 18.3 Å². The van der Waals surface area contributed by atoms with Crippen molar-refractivity contribution in [2.75, 3.05) is 0 Å².